The van der Waals surface area contributed by atoms with Crippen LogP contribution in [-0.2, 0) is 0 Å². The summed E-state index contributed by atoms with van der Waals surface area (Å²) in [5.74, 6) is 0.208. The van der Waals surface area contributed by atoms with E-state index >= 15 is 0 Å². The van der Waals surface area contributed by atoms with Crippen LogP contribution in [0.2, 0.25) is 5.02 Å². The predicted octanol–water partition coefficient (Wildman–Crippen LogP) is 6.20. The molecule has 2 aromatic carbocycles. The number of methoxy groups -OCH3 is 1. The van der Waals surface area contributed by atoms with Crippen molar-refractivity contribution < 1.29 is 9.13 Å². The Morgan fingerprint density at radius 1 is 1.29 bits per heavy atom. The van der Waals surface area contributed by atoms with E-state index in [9.17, 15) is 4.39 Å². The van der Waals surface area contributed by atoms with Crippen LogP contribution in [0.25, 0.3) is 0 Å². The Balaban J connectivity index is 2.68. The average Bonchev–Trinajstić information content (AvgIpc) is 2.44. The Hall–Kier alpha value is -0.770. The molecule has 1 unspecified atom stereocenters. The van der Waals surface area contributed by atoms with Gasteiger partial charge in [-0.25, -0.2) is 4.39 Å². The number of hydrogen-bond donors (Lipinski definition) is 0. The van der Waals surface area contributed by atoms with Crippen molar-refractivity contribution in [1.29, 1.82) is 0 Å². The molecule has 0 heterocycles. The maximum Gasteiger partial charge on any atom is 0.142 e. The summed E-state index contributed by atoms with van der Waals surface area (Å²) in [6, 6.07) is 6.59. The lowest BCUT2D eigenvalue weighted by molar-refractivity contribution is 0.406. The number of aryl methyl sites for hydroxylation is 1. The highest BCUT2D eigenvalue weighted by atomic mass is 79.9. The summed E-state index contributed by atoms with van der Waals surface area (Å²) >= 11 is 16.2. The Kier molecular flexibility index (Phi) is 5.18. The van der Waals surface area contributed by atoms with Crippen molar-refractivity contribution in [2.45, 2.75) is 19.2 Å². The molecule has 1 atom stereocenters. The Morgan fingerprint density at radius 2 is 1.95 bits per heavy atom. The van der Waals surface area contributed by atoms with Gasteiger partial charge in [-0.05, 0) is 42.7 Å². The quantitative estimate of drug-likeness (QED) is 0.566. The molecule has 0 spiro atoms. The number of alkyl halides is 1. The van der Waals surface area contributed by atoms with Crippen LogP contribution in [0.15, 0.2) is 28.7 Å². The molecular weight excluding hydrogens is 378 g/mol. The number of rotatable bonds is 3. The van der Waals surface area contributed by atoms with Gasteiger partial charge >= 0.3 is 0 Å². The summed E-state index contributed by atoms with van der Waals surface area (Å²) in [5.41, 5.74) is 3.21. The molecule has 0 bridgehead atoms. The number of hydrogen-bond acceptors (Lipinski definition) is 1. The minimum atomic E-state index is -0.598. The largest absolute Gasteiger partial charge is 0.496 e. The fraction of sp³-hybridized carbons (Fsp3) is 0.250. The SMILES string of the molecule is COc1c(C)cc(Br)c(C)c1C(Cl)c1cccc(F)c1Cl. The Labute approximate surface area is 142 Å². The molecule has 2 rings (SSSR count). The van der Waals surface area contributed by atoms with E-state index in [1.54, 1.807) is 19.2 Å². The minimum Gasteiger partial charge on any atom is -0.496 e. The second-order valence-electron chi connectivity index (χ2n) is 4.75. The van der Waals surface area contributed by atoms with Crippen molar-refractivity contribution in [3.05, 3.63) is 61.8 Å². The van der Waals surface area contributed by atoms with Crippen LogP contribution in [0.3, 0.4) is 0 Å². The molecule has 0 aliphatic carbocycles. The van der Waals surface area contributed by atoms with Crippen LogP contribution >= 0.6 is 39.1 Å². The van der Waals surface area contributed by atoms with Crippen LogP contribution < -0.4 is 4.74 Å². The van der Waals surface area contributed by atoms with E-state index in [1.165, 1.54) is 6.07 Å². The van der Waals surface area contributed by atoms with Gasteiger partial charge < -0.3 is 4.74 Å². The maximum atomic E-state index is 13.7. The first-order valence-corrected chi connectivity index (χ1v) is 7.90. The Bertz CT molecular complexity index is 688. The van der Waals surface area contributed by atoms with Crippen molar-refractivity contribution in [3.63, 3.8) is 0 Å². The van der Waals surface area contributed by atoms with E-state index in [2.05, 4.69) is 15.9 Å². The van der Waals surface area contributed by atoms with Crippen LogP contribution in [0.1, 0.15) is 27.6 Å². The third-order valence-corrected chi connectivity index (χ3v) is 5.10. The van der Waals surface area contributed by atoms with Gasteiger partial charge in [0.15, 0.2) is 0 Å². The summed E-state index contributed by atoms with van der Waals surface area (Å²) < 4.78 is 20.1. The lowest BCUT2D eigenvalue weighted by atomic mass is 9.96. The van der Waals surface area contributed by atoms with E-state index < -0.39 is 11.2 Å². The van der Waals surface area contributed by atoms with E-state index in [-0.39, 0.29) is 5.02 Å². The van der Waals surface area contributed by atoms with Crippen LogP contribution in [-0.4, -0.2) is 7.11 Å². The number of benzene rings is 2. The van der Waals surface area contributed by atoms with Gasteiger partial charge in [-0.15, -0.1) is 11.6 Å². The second-order valence-corrected chi connectivity index (χ2v) is 6.42. The summed E-state index contributed by atoms with van der Waals surface area (Å²) in [6.45, 7) is 3.87. The highest BCUT2D eigenvalue weighted by Crippen LogP contribution is 2.43. The zero-order valence-corrected chi connectivity index (χ0v) is 14.9. The van der Waals surface area contributed by atoms with Crippen molar-refractivity contribution in [2.24, 2.45) is 0 Å². The van der Waals surface area contributed by atoms with E-state index in [0.717, 1.165) is 21.2 Å². The summed E-state index contributed by atoms with van der Waals surface area (Å²) in [4.78, 5) is 0. The normalized spacial score (nSPS) is 12.3. The number of ether oxygens (including phenoxy) is 1. The van der Waals surface area contributed by atoms with Gasteiger partial charge in [0.05, 0.1) is 17.5 Å². The van der Waals surface area contributed by atoms with Gasteiger partial charge in [0.1, 0.15) is 11.6 Å². The zero-order valence-electron chi connectivity index (χ0n) is 11.8. The maximum absolute atomic E-state index is 13.7. The molecule has 0 aliphatic heterocycles. The summed E-state index contributed by atoms with van der Waals surface area (Å²) in [5, 5.41) is -0.559. The fourth-order valence-electron chi connectivity index (χ4n) is 2.32. The first-order valence-electron chi connectivity index (χ1n) is 6.30. The van der Waals surface area contributed by atoms with Gasteiger partial charge in [-0.2, -0.15) is 0 Å². The molecule has 112 valence electrons. The average molecular weight is 392 g/mol. The first kappa shape index (κ1) is 16.6. The molecule has 0 N–H and O–H groups in total. The molecule has 0 saturated carbocycles. The van der Waals surface area contributed by atoms with Crippen LogP contribution in [0.4, 0.5) is 4.39 Å². The van der Waals surface area contributed by atoms with E-state index in [1.807, 2.05) is 19.9 Å². The third-order valence-electron chi connectivity index (χ3n) is 3.42. The Morgan fingerprint density at radius 3 is 2.57 bits per heavy atom. The van der Waals surface area contributed by atoms with Gasteiger partial charge in [0.25, 0.3) is 0 Å². The molecule has 2 aromatic rings. The molecule has 0 fully saturated rings. The van der Waals surface area contributed by atoms with Gasteiger partial charge in [0.2, 0.25) is 0 Å². The fourth-order valence-corrected chi connectivity index (χ4v) is 3.62. The number of halogens is 4. The first-order chi connectivity index (χ1) is 9.88. The molecule has 5 heteroatoms. The van der Waals surface area contributed by atoms with Gasteiger partial charge in [0, 0.05) is 10.0 Å². The smallest absolute Gasteiger partial charge is 0.142 e. The van der Waals surface area contributed by atoms with Crippen molar-refractivity contribution >= 4 is 39.1 Å². The van der Waals surface area contributed by atoms with E-state index in [4.69, 9.17) is 27.9 Å². The summed E-state index contributed by atoms with van der Waals surface area (Å²) in [6.07, 6.45) is 0. The van der Waals surface area contributed by atoms with E-state index in [0.29, 0.717) is 11.3 Å². The zero-order chi connectivity index (χ0) is 15.7. The minimum absolute atomic E-state index is 0.0385. The highest BCUT2D eigenvalue weighted by Gasteiger charge is 2.24. The van der Waals surface area contributed by atoms with Crippen molar-refractivity contribution in [3.8, 4) is 5.75 Å². The third kappa shape index (κ3) is 3.05. The molecular formula is C16H14BrCl2FO. The molecule has 0 saturated heterocycles. The van der Waals surface area contributed by atoms with Crippen LogP contribution in [0, 0.1) is 19.7 Å². The topological polar surface area (TPSA) is 9.23 Å². The predicted molar refractivity (Wildman–Crippen MR) is 89.3 cm³/mol. The second kappa shape index (κ2) is 6.55. The highest BCUT2D eigenvalue weighted by molar-refractivity contribution is 9.10. The van der Waals surface area contributed by atoms with Gasteiger partial charge in [-0.3, -0.25) is 0 Å². The standard InChI is InChI=1S/C16H14BrCl2FO/c1-8-7-11(17)9(2)13(16(8)21-3)15(19)10-5-4-6-12(20)14(10)18/h4-7,15H,1-3H3. The lowest BCUT2D eigenvalue weighted by Crippen LogP contribution is -2.04. The van der Waals surface area contributed by atoms with Gasteiger partial charge in [-0.1, -0.05) is 39.7 Å². The molecule has 0 amide bonds. The lowest BCUT2D eigenvalue weighted by Gasteiger charge is -2.21. The summed E-state index contributed by atoms with van der Waals surface area (Å²) in [7, 11) is 1.59. The molecule has 1 nitrogen and oxygen atoms in total. The molecule has 0 aromatic heterocycles. The van der Waals surface area contributed by atoms with Crippen molar-refractivity contribution in [1.82, 2.24) is 0 Å². The van der Waals surface area contributed by atoms with Crippen molar-refractivity contribution in [2.75, 3.05) is 7.11 Å². The molecule has 21 heavy (non-hydrogen) atoms. The molecule has 0 aliphatic rings. The van der Waals surface area contributed by atoms with Crippen LogP contribution in [0.5, 0.6) is 5.75 Å². The molecule has 0 radical (unpaired) electrons. The monoisotopic (exact) mass is 390 g/mol.